The highest BCUT2D eigenvalue weighted by Gasteiger charge is 2.29. The van der Waals surface area contributed by atoms with E-state index in [1.807, 2.05) is 4.90 Å². The van der Waals surface area contributed by atoms with Crippen molar-refractivity contribution in [3.05, 3.63) is 69.5 Å². The molecule has 1 aliphatic heterocycles. The zero-order valence-corrected chi connectivity index (χ0v) is 19.7. The summed E-state index contributed by atoms with van der Waals surface area (Å²) in [4.78, 5) is 34.5. The van der Waals surface area contributed by atoms with Gasteiger partial charge in [-0.1, -0.05) is 13.8 Å². The Bertz CT molecular complexity index is 1320. The van der Waals surface area contributed by atoms with Gasteiger partial charge in [-0.2, -0.15) is 5.26 Å². The minimum Gasteiger partial charge on any atom is -0.336 e. The van der Waals surface area contributed by atoms with Crippen LogP contribution in [0.15, 0.2) is 41.5 Å². The molecule has 8 nitrogen and oxygen atoms in total. The molecule has 1 unspecified atom stereocenters. The summed E-state index contributed by atoms with van der Waals surface area (Å²) in [6, 6.07) is 7.98. The molecule has 1 N–H and O–H groups in total. The number of rotatable bonds is 4. The second-order valence-corrected chi connectivity index (χ2v) is 9.03. The topological polar surface area (TPSA) is 98.0 Å². The third-order valence-electron chi connectivity index (χ3n) is 6.47. The number of amides is 1. The van der Waals surface area contributed by atoms with Crippen LogP contribution >= 0.6 is 0 Å². The molecule has 1 fully saturated rings. The molecule has 1 atom stereocenters. The molecule has 0 aliphatic carbocycles. The average molecular weight is 463 g/mol. The van der Waals surface area contributed by atoms with E-state index >= 15 is 0 Å². The summed E-state index contributed by atoms with van der Waals surface area (Å²) < 4.78 is 15.4. The Morgan fingerprint density at radius 1 is 1.26 bits per heavy atom. The van der Waals surface area contributed by atoms with E-state index in [9.17, 15) is 14.0 Å². The quantitative estimate of drug-likeness (QED) is 0.643. The van der Waals surface area contributed by atoms with Crippen LogP contribution in [-0.2, 0) is 0 Å². The fraction of sp³-hybridized carbons (Fsp3) is 0.360. The van der Waals surface area contributed by atoms with Gasteiger partial charge >= 0.3 is 0 Å². The maximum absolute atomic E-state index is 14.1. The number of nitriles is 1. The summed E-state index contributed by atoms with van der Waals surface area (Å²) in [6.07, 6.45) is 2.95. The van der Waals surface area contributed by atoms with Crippen LogP contribution in [0.4, 0.5) is 4.39 Å². The number of H-pyrrole nitrogens is 1. The molecule has 0 bridgehead atoms. The van der Waals surface area contributed by atoms with Crippen molar-refractivity contribution in [3.63, 3.8) is 0 Å². The van der Waals surface area contributed by atoms with E-state index in [0.717, 1.165) is 6.54 Å². The number of aryl methyl sites for hydroxylation is 1. The van der Waals surface area contributed by atoms with Gasteiger partial charge in [0.25, 0.3) is 11.5 Å². The van der Waals surface area contributed by atoms with E-state index in [-0.39, 0.29) is 17.0 Å². The zero-order chi connectivity index (χ0) is 24.6. The van der Waals surface area contributed by atoms with Gasteiger partial charge in [0.2, 0.25) is 0 Å². The Morgan fingerprint density at radius 3 is 2.68 bits per heavy atom. The highest BCUT2D eigenvalue weighted by Crippen LogP contribution is 2.24. The van der Waals surface area contributed by atoms with E-state index in [1.165, 1.54) is 29.2 Å². The van der Waals surface area contributed by atoms with Gasteiger partial charge in [-0.05, 0) is 55.3 Å². The number of aromatic amines is 1. The SMILES string of the molecule is Cc1cc(C#N)c(F)cc1-c1c[nH]n(-c2ccc(C(=O)N3CCN(C)C(C(C)C)C3)cn2)c1=O. The van der Waals surface area contributed by atoms with Crippen molar-refractivity contribution < 1.29 is 9.18 Å². The lowest BCUT2D eigenvalue weighted by Gasteiger charge is -2.41. The molecule has 3 aromatic rings. The van der Waals surface area contributed by atoms with Gasteiger partial charge < -0.3 is 4.90 Å². The number of halogens is 1. The van der Waals surface area contributed by atoms with Crippen LogP contribution in [0.5, 0.6) is 0 Å². The Balaban J connectivity index is 1.57. The van der Waals surface area contributed by atoms with E-state index < -0.39 is 11.4 Å². The Labute approximate surface area is 197 Å². The molecule has 1 aliphatic rings. The molecule has 34 heavy (non-hydrogen) atoms. The van der Waals surface area contributed by atoms with Crippen LogP contribution in [0.25, 0.3) is 16.9 Å². The minimum atomic E-state index is -0.681. The molecule has 3 heterocycles. The normalized spacial score (nSPS) is 16.6. The molecule has 1 amide bonds. The lowest BCUT2D eigenvalue weighted by atomic mass is 10.00. The molecule has 0 radical (unpaired) electrons. The van der Waals surface area contributed by atoms with Crippen LogP contribution in [0.2, 0.25) is 0 Å². The van der Waals surface area contributed by atoms with Gasteiger partial charge in [0.1, 0.15) is 11.9 Å². The van der Waals surface area contributed by atoms with Gasteiger partial charge in [-0.15, -0.1) is 0 Å². The third-order valence-corrected chi connectivity index (χ3v) is 6.47. The lowest BCUT2D eigenvalue weighted by Crippen LogP contribution is -2.55. The minimum absolute atomic E-state index is 0.0703. The number of nitrogens with zero attached hydrogens (tertiary/aromatic N) is 5. The number of piperazine rings is 1. The molecular weight excluding hydrogens is 435 g/mol. The fourth-order valence-electron chi connectivity index (χ4n) is 4.42. The largest absolute Gasteiger partial charge is 0.336 e. The van der Waals surface area contributed by atoms with Gasteiger partial charge in [0.05, 0.1) is 16.7 Å². The van der Waals surface area contributed by atoms with E-state index in [4.69, 9.17) is 5.26 Å². The van der Waals surface area contributed by atoms with E-state index in [0.29, 0.717) is 47.6 Å². The smallest absolute Gasteiger partial charge is 0.280 e. The van der Waals surface area contributed by atoms with Crippen LogP contribution in [0.1, 0.15) is 35.3 Å². The maximum Gasteiger partial charge on any atom is 0.280 e. The number of aromatic nitrogens is 3. The van der Waals surface area contributed by atoms with E-state index in [1.54, 1.807) is 25.1 Å². The number of hydrogen-bond acceptors (Lipinski definition) is 5. The number of likely N-dealkylation sites (N-methyl/N-ethyl adjacent to an activating group) is 1. The standard InChI is InChI=1S/C25H27FN6O2/c1-15(2)22-14-31(8-7-30(22)4)24(33)17-5-6-23(28-12-17)32-25(34)20(13-29-32)19-10-21(26)18(11-27)9-16(19)3/h5-6,9-10,12-13,15,22,29H,7-8,14H2,1-4H3. The molecule has 1 aromatic carbocycles. The highest BCUT2D eigenvalue weighted by molar-refractivity contribution is 5.94. The summed E-state index contributed by atoms with van der Waals surface area (Å²) in [5.41, 5.74) is 1.26. The Kier molecular flexibility index (Phi) is 6.35. The van der Waals surface area contributed by atoms with Gasteiger partial charge in [0, 0.05) is 38.1 Å². The summed E-state index contributed by atoms with van der Waals surface area (Å²) in [7, 11) is 2.08. The number of nitrogens with one attached hydrogen (secondary N) is 1. The Morgan fingerprint density at radius 2 is 2.03 bits per heavy atom. The summed E-state index contributed by atoms with van der Waals surface area (Å²) >= 11 is 0. The monoisotopic (exact) mass is 462 g/mol. The zero-order valence-electron chi connectivity index (χ0n) is 19.7. The van der Waals surface area contributed by atoms with Crippen molar-refractivity contribution in [2.24, 2.45) is 5.92 Å². The summed E-state index contributed by atoms with van der Waals surface area (Å²) in [6.45, 7) is 8.15. The second-order valence-electron chi connectivity index (χ2n) is 9.03. The van der Waals surface area contributed by atoms with Crippen molar-refractivity contribution in [3.8, 4) is 23.0 Å². The third kappa shape index (κ3) is 4.24. The van der Waals surface area contributed by atoms with Crippen LogP contribution in [0, 0.1) is 30.0 Å². The molecule has 176 valence electrons. The van der Waals surface area contributed by atoms with Crippen LogP contribution in [0.3, 0.4) is 0 Å². The predicted molar refractivity (Wildman–Crippen MR) is 126 cm³/mol. The van der Waals surface area contributed by atoms with Gasteiger partial charge in [0.15, 0.2) is 5.82 Å². The van der Waals surface area contributed by atoms with E-state index in [2.05, 4.69) is 35.9 Å². The van der Waals surface area contributed by atoms with Crippen molar-refractivity contribution in [2.75, 3.05) is 26.7 Å². The molecule has 1 saturated heterocycles. The molecule has 4 rings (SSSR count). The molecule has 9 heteroatoms. The number of hydrogen-bond donors (Lipinski definition) is 1. The predicted octanol–water partition coefficient (Wildman–Crippen LogP) is 2.96. The van der Waals surface area contributed by atoms with Crippen molar-refractivity contribution in [2.45, 2.75) is 26.8 Å². The average Bonchev–Trinajstić information content (AvgIpc) is 3.21. The highest BCUT2D eigenvalue weighted by atomic mass is 19.1. The molecular formula is C25H27FN6O2. The van der Waals surface area contributed by atoms with Gasteiger partial charge in [-0.3, -0.25) is 19.6 Å². The fourth-order valence-corrected chi connectivity index (χ4v) is 4.42. The first kappa shape index (κ1) is 23.4. The Hall–Kier alpha value is -3.77. The second kappa shape index (κ2) is 9.23. The maximum atomic E-state index is 14.1. The van der Waals surface area contributed by atoms with Crippen molar-refractivity contribution >= 4 is 5.91 Å². The molecule has 2 aromatic heterocycles. The van der Waals surface area contributed by atoms with Crippen molar-refractivity contribution in [1.82, 2.24) is 24.6 Å². The molecule has 0 saturated carbocycles. The summed E-state index contributed by atoms with van der Waals surface area (Å²) in [5, 5.41) is 11.9. The first-order chi connectivity index (χ1) is 16.2. The van der Waals surface area contributed by atoms with Crippen LogP contribution < -0.4 is 5.56 Å². The number of benzene rings is 1. The molecule has 0 spiro atoms. The first-order valence-electron chi connectivity index (χ1n) is 11.2. The summed E-state index contributed by atoms with van der Waals surface area (Å²) in [5.74, 6) is -0.0119. The van der Waals surface area contributed by atoms with Crippen molar-refractivity contribution in [1.29, 1.82) is 5.26 Å². The lowest BCUT2D eigenvalue weighted by molar-refractivity contribution is 0.0464. The first-order valence-corrected chi connectivity index (χ1v) is 11.2. The van der Waals surface area contributed by atoms with Crippen LogP contribution in [-0.4, -0.2) is 63.2 Å². The number of carbonyl (C=O) groups is 1. The van der Waals surface area contributed by atoms with Gasteiger partial charge in [-0.25, -0.2) is 14.1 Å². The number of pyridine rings is 1. The number of carbonyl (C=O) groups excluding carboxylic acids is 1.